The van der Waals surface area contributed by atoms with Gasteiger partial charge in [0.05, 0.1) is 19.8 Å². The molecule has 1 aliphatic rings. The van der Waals surface area contributed by atoms with Gasteiger partial charge >= 0.3 is 5.97 Å². The van der Waals surface area contributed by atoms with E-state index in [2.05, 4.69) is 76.2 Å². The summed E-state index contributed by atoms with van der Waals surface area (Å²) in [5, 5.41) is 3.95. The zero-order valence-corrected chi connectivity index (χ0v) is 26.6. The number of carbonyl (C=O) groups excluding carboxylic acids is 1. The van der Waals surface area contributed by atoms with Crippen LogP contribution in [0.4, 0.5) is 0 Å². The molecule has 0 saturated carbocycles. The van der Waals surface area contributed by atoms with Crippen LogP contribution in [0.5, 0.6) is 0 Å². The number of hydroxylamine groups is 2. The number of nitrogens with zero attached hydrogens (tertiary/aromatic N) is 1. The van der Waals surface area contributed by atoms with Gasteiger partial charge in [0, 0.05) is 6.92 Å². The molecular weight excluding hydrogens is 530 g/mol. The van der Waals surface area contributed by atoms with E-state index >= 15 is 0 Å². The van der Waals surface area contributed by atoms with E-state index in [1.807, 2.05) is 56.3 Å². The molecular formula is C34H45NO5Si. The summed E-state index contributed by atoms with van der Waals surface area (Å²) < 4.78 is 20.1. The standard InChI is InChI=1S/C34H45NO5Si/c1-8-34(31-25-37-33(6,7)39-31,35(40-27(2)36)24-28-18-12-9-13-19-28)26-38-41(32(3,4)5,29-20-14-10-15-21-29)30-22-16-11-17-23-30/h9-23,31H,8,24-26H2,1-7H3/t31-,34+/m0/s1. The van der Waals surface area contributed by atoms with Gasteiger partial charge in [-0.05, 0) is 41.2 Å². The van der Waals surface area contributed by atoms with Crippen LogP contribution >= 0.6 is 0 Å². The second-order valence-electron chi connectivity index (χ2n) is 12.3. The fourth-order valence-corrected chi connectivity index (χ4v) is 10.6. The van der Waals surface area contributed by atoms with Crippen LogP contribution in [0.1, 0.15) is 60.5 Å². The summed E-state index contributed by atoms with van der Waals surface area (Å²) >= 11 is 0. The Hall–Kier alpha value is -2.81. The van der Waals surface area contributed by atoms with Crippen LogP contribution in [-0.4, -0.2) is 50.0 Å². The van der Waals surface area contributed by atoms with Gasteiger partial charge in [0.2, 0.25) is 0 Å². The summed E-state index contributed by atoms with van der Waals surface area (Å²) in [5.74, 6) is -1.15. The van der Waals surface area contributed by atoms with Crippen LogP contribution < -0.4 is 10.4 Å². The van der Waals surface area contributed by atoms with E-state index in [1.54, 1.807) is 5.06 Å². The molecule has 1 heterocycles. The van der Waals surface area contributed by atoms with E-state index in [9.17, 15) is 4.79 Å². The van der Waals surface area contributed by atoms with E-state index in [1.165, 1.54) is 17.3 Å². The van der Waals surface area contributed by atoms with Crippen LogP contribution in [0, 0.1) is 0 Å². The molecule has 3 aromatic rings. The largest absolute Gasteiger partial charge is 0.405 e. The van der Waals surface area contributed by atoms with Crippen molar-refractivity contribution in [3.05, 3.63) is 96.6 Å². The van der Waals surface area contributed by atoms with Crippen molar-refractivity contribution in [3.8, 4) is 0 Å². The van der Waals surface area contributed by atoms with Crippen molar-refractivity contribution in [1.82, 2.24) is 5.06 Å². The van der Waals surface area contributed by atoms with E-state index in [0.717, 1.165) is 5.56 Å². The van der Waals surface area contributed by atoms with E-state index in [0.29, 0.717) is 19.6 Å². The molecule has 0 N–H and O–H groups in total. The molecule has 1 fully saturated rings. The first-order valence-electron chi connectivity index (χ1n) is 14.5. The number of hydrogen-bond acceptors (Lipinski definition) is 6. The second kappa shape index (κ2) is 12.6. The highest BCUT2D eigenvalue weighted by Crippen LogP contribution is 2.41. The van der Waals surface area contributed by atoms with Gasteiger partial charge in [0.25, 0.3) is 8.32 Å². The van der Waals surface area contributed by atoms with E-state index in [-0.39, 0.29) is 17.6 Å². The van der Waals surface area contributed by atoms with Crippen molar-refractivity contribution in [2.24, 2.45) is 0 Å². The molecule has 41 heavy (non-hydrogen) atoms. The highest BCUT2D eigenvalue weighted by molar-refractivity contribution is 6.99. The van der Waals surface area contributed by atoms with Crippen molar-refractivity contribution >= 4 is 24.7 Å². The minimum Gasteiger partial charge on any atom is -0.405 e. The van der Waals surface area contributed by atoms with Gasteiger partial charge in [-0.2, -0.15) is 0 Å². The van der Waals surface area contributed by atoms with Crippen LogP contribution in [0.2, 0.25) is 5.04 Å². The van der Waals surface area contributed by atoms with Gasteiger partial charge in [0.1, 0.15) is 11.6 Å². The molecule has 1 aliphatic heterocycles. The fraction of sp³-hybridized carbons (Fsp3) is 0.441. The number of benzene rings is 3. The molecule has 2 atom stereocenters. The lowest BCUT2D eigenvalue weighted by atomic mass is 9.89. The minimum atomic E-state index is -2.90. The first kappa shape index (κ1) is 31.1. The number of hydrogen-bond donors (Lipinski definition) is 0. The van der Waals surface area contributed by atoms with Gasteiger partial charge in [0.15, 0.2) is 5.79 Å². The lowest BCUT2D eigenvalue weighted by Gasteiger charge is -2.49. The van der Waals surface area contributed by atoms with Crippen molar-refractivity contribution in [2.75, 3.05) is 13.2 Å². The summed E-state index contributed by atoms with van der Waals surface area (Å²) in [4.78, 5) is 18.6. The average Bonchev–Trinajstić information content (AvgIpc) is 3.31. The molecule has 1 saturated heterocycles. The molecule has 0 aliphatic carbocycles. The summed E-state index contributed by atoms with van der Waals surface area (Å²) in [7, 11) is -2.90. The van der Waals surface area contributed by atoms with Crippen molar-refractivity contribution in [3.63, 3.8) is 0 Å². The van der Waals surface area contributed by atoms with Gasteiger partial charge in [-0.25, -0.2) is 0 Å². The molecule has 0 amide bonds. The van der Waals surface area contributed by atoms with Gasteiger partial charge in [-0.3, -0.25) is 4.79 Å². The zero-order valence-electron chi connectivity index (χ0n) is 25.6. The summed E-state index contributed by atoms with van der Waals surface area (Å²) in [6.07, 6.45) is 0.207. The first-order chi connectivity index (χ1) is 19.4. The molecule has 6 nitrogen and oxygen atoms in total. The highest BCUT2D eigenvalue weighted by atomic mass is 28.4. The normalized spacial score (nSPS) is 18.7. The Balaban J connectivity index is 1.87. The van der Waals surface area contributed by atoms with Gasteiger partial charge in [-0.1, -0.05) is 119 Å². The maximum absolute atomic E-state index is 12.6. The Labute approximate surface area is 246 Å². The zero-order chi connectivity index (χ0) is 29.7. The smallest absolute Gasteiger partial charge is 0.322 e. The topological polar surface area (TPSA) is 57.2 Å². The molecule has 4 rings (SSSR count). The Morgan fingerprint density at radius 1 is 0.927 bits per heavy atom. The molecule has 0 aromatic heterocycles. The SMILES string of the molecule is CC[C@@](CO[Si](c1ccccc1)(c1ccccc1)C(C)(C)C)([C@@H]1COC(C)(C)O1)N(Cc1ccccc1)OC(C)=O. The number of ether oxygens (including phenoxy) is 2. The number of carbonyl (C=O) groups is 1. The second-order valence-corrected chi connectivity index (χ2v) is 16.6. The molecule has 0 spiro atoms. The molecule has 7 heteroatoms. The summed E-state index contributed by atoms with van der Waals surface area (Å²) in [6.45, 7) is 15.2. The molecule has 3 aromatic carbocycles. The van der Waals surface area contributed by atoms with Crippen molar-refractivity contribution in [1.29, 1.82) is 0 Å². The summed E-state index contributed by atoms with van der Waals surface area (Å²) in [6, 6.07) is 31.2. The summed E-state index contributed by atoms with van der Waals surface area (Å²) in [5.41, 5.74) is 0.192. The van der Waals surface area contributed by atoms with Crippen LogP contribution in [0.3, 0.4) is 0 Å². The number of rotatable bonds is 11. The average molecular weight is 576 g/mol. The maximum Gasteiger partial charge on any atom is 0.322 e. The lowest BCUT2D eigenvalue weighted by molar-refractivity contribution is -0.258. The van der Waals surface area contributed by atoms with Crippen molar-refractivity contribution in [2.45, 2.75) is 83.9 Å². The van der Waals surface area contributed by atoms with Crippen LogP contribution in [0.25, 0.3) is 0 Å². The Morgan fingerprint density at radius 2 is 1.44 bits per heavy atom. The molecule has 220 valence electrons. The monoisotopic (exact) mass is 575 g/mol. The Kier molecular flexibility index (Phi) is 9.56. The first-order valence-corrected chi connectivity index (χ1v) is 16.4. The molecule has 0 unspecified atom stereocenters. The molecule has 0 radical (unpaired) electrons. The third kappa shape index (κ3) is 6.65. The third-order valence-corrected chi connectivity index (χ3v) is 13.1. The molecule has 0 bridgehead atoms. The highest BCUT2D eigenvalue weighted by Gasteiger charge is 2.56. The third-order valence-electron chi connectivity index (χ3n) is 8.08. The fourth-order valence-electron chi connectivity index (χ4n) is 5.96. The van der Waals surface area contributed by atoms with Crippen LogP contribution in [-0.2, 0) is 30.1 Å². The lowest BCUT2D eigenvalue weighted by Crippen LogP contribution is -2.70. The Morgan fingerprint density at radius 3 is 1.85 bits per heavy atom. The van der Waals surface area contributed by atoms with E-state index in [4.69, 9.17) is 18.7 Å². The Bertz CT molecular complexity index is 1220. The minimum absolute atomic E-state index is 0.215. The predicted molar refractivity (Wildman–Crippen MR) is 165 cm³/mol. The van der Waals surface area contributed by atoms with E-state index < -0.39 is 25.7 Å². The predicted octanol–water partition coefficient (Wildman–Crippen LogP) is 5.84. The maximum atomic E-state index is 12.6. The quantitative estimate of drug-likeness (QED) is 0.211. The van der Waals surface area contributed by atoms with Gasteiger partial charge in [-0.15, -0.1) is 5.06 Å². The van der Waals surface area contributed by atoms with Crippen LogP contribution in [0.15, 0.2) is 91.0 Å². The van der Waals surface area contributed by atoms with Gasteiger partial charge < -0.3 is 18.7 Å². The van der Waals surface area contributed by atoms with Crippen molar-refractivity contribution < 1.29 is 23.5 Å².